The fraction of sp³-hybridized carbons (Fsp3) is 0.214. The predicted molar refractivity (Wildman–Crippen MR) is 131 cm³/mol. The molecule has 1 aliphatic rings. The maximum absolute atomic E-state index is 14.8. The molecule has 5 rings (SSSR count). The number of nitrogens with zero attached hydrogens (tertiary/aromatic N) is 2. The zero-order valence-corrected chi connectivity index (χ0v) is 18.6. The number of hydrogen-bond acceptors (Lipinski definition) is 3. The molecular formula is C28H26FN3O. The SMILES string of the molecule is Cc1c(NC(=O)c2ccc(-c3ccccc3)cc2F)ccc2cc(CN3CCCC3)cnc12. The van der Waals surface area contributed by atoms with Crippen molar-refractivity contribution in [2.24, 2.45) is 0 Å². The normalized spacial score (nSPS) is 14.0. The van der Waals surface area contributed by atoms with Gasteiger partial charge in [-0.2, -0.15) is 0 Å². The van der Waals surface area contributed by atoms with Gasteiger partial charge in [0, 0.05) is 23.8 Å². The number of halogens is 1. The summed E-state index contributed by atoms with van der Waals surface area (Å²) in [5, 5.41) is 3.91. The molecule has 1 aliphatic heterocycles. The van der Waals surface area contributed by atoms with Gasteiger partial charge in [-0.15, -0.1) is 0 Å². The van der Waals surface area contributed by atoms with Crippen molar-refractivity contribution in [3.63, 3.8) is 0 Å². The standard InChI is InChI=1S/C28H26FN3O/c1-19-26(12-10-23-15-20(17-30-27(19)23)18-32-13-5-6-14-32)31-28(33)24-11-9-22(16-25(24)29)21-7-3-2-4-8-21/h2-4,7-12,15-17H,5-6,13-14,18H2,1H3,(H,31,33). The van der Waals surface area contributed by atoms with Gasteiger partial charge in [-0.1, -0.05) is 42.5 Å². The summed E-state index contributed by atoms with van der Waals surface area (Å²) in [6.45, 7) is 5.13. The number of hydrogen-bond donors (Lipinski definition) is 1. The fourth-order valence-electron chi connectivity index (χ4n) is 4.51. The molecule has 1 saturated heterocycles. The third kappa shape index (κ3) is 4.50. The van der Waals surface area contributed by atoms with Crippen LogP contribution in [0.4, 0.5) is 10.1 Å². The van der Waals surface area contributed by atoms with Crippen LogP contribution in [0.1, 0.15) is 34.3 Å². The van der Waals surface area contributed by atoms with Gasteiger partial charge < -0.3 is 5.32 Å². The molecule has 1 aromatic heterocycles. The number of amides is 1. The highest BCUT2D eigenvalue weighted by atomic mass is 19.1. The van der Waals surface area contributed by atoms with Crippen molar-refractivity contribution in [3.05, 3.63) is 95.4 Å². The van der Waals surface area contributed by atoms with Crippen LogP contribution >= 0.6 is 0 Å². The Kier molecular flexibility index (Phi) is 5.88. The second kappa shape index (κ2) is 9.12. The lowest BCUT2D eigenvalue weighted by molar-refractivity contribution is 0.102. The number of carbonyl (C=O) groups excluding carboxylic acids is 1. The van der Waals surface area contributed by atoms with Gasteiger partial charge in [-0.3, -0.25) is 14.7 Å². The molecule has 5 heteroatoms. The minimum Gasteiger partial charge on any atom is -0.322 e. The molecule has 4 aromatic rings. The van der Waals surface area contributed by atoms with Crippen LogP contribution in [0.15, 0.2) is 72.9 Å². The Balaban J connectivity index is 1.36. The molecule has 0 unspecified atom stereocenters. The summed E-state index contributed by atoms with van der Waals surface area (Å²) in [5.41, 5.74) is 5.21. The quantitative estimate of drug-likeness (QED) is 0.403. The number of benzene rings is 3. The summed E-state index contributed by atoms with van der Waals surface area (Å²) in [7, 11) is 0. The number of rotatable bonds is 5. The minimum absolute atomic E-state index is 0.0168. The zero-order valence-electron chi connectivity index (χ0n) is 18.6. The summed E-state index contributed by atoms with van der Waals surface area (Å²) >= 11 is 0. The molecule has 1 N–H and O–H groups in total. The van der Waals surface area contributed by atoms with Gasteiger partial charge in [0.1, 0.15) is 5.82 Å². The number of aromatic nitrogens is 1. The van der Waals surface area contributed by atoms with Gasteiger partial charge in [0.05, 0.1) is 11.1 Å². The molecule has 1 amide bonds. The monoisotopic (exact) mass is 439 g/mol. The highest BCUT2D eigenvalue weighted by molar-refractivity contribution is 6.06. The Morgan fingerprint density at radius 3 is 2.55 bits per heavy atom. The zero-order chi connectivity index (χ0) is 22.8. The van der Waals surface area contributed by atoms with Crippen LogP contribution in [-0.4, -0.2) is 28.9 Å². The van der Waals surface area contributed by atoms with Crippen molar-refractivity contribution in [2.75, 3.05) is 18.4 Å². The Hall–Kier alpha value is -3.57. The van der Waals surface area contributed by atoms with E-state index in [-0.39, 0.29) is 5.56 Å². The van der Waals surface area contributed by atoms with Crippen molar-refractivity contribution in [1.82, 2.24) is 9.88 Å². The Morgan fingerprint density at radius 1 is 1.00 bits per heavy atom. The van der Waals surface area contributed by atoms with E-state index in [1.165, 1.54) is 30.5 Å². The number of fused-ring (bicyclic) bond motifs is 1. The number of pyridine rings is 1. The van der Waals surface area contributed by atoms with Gasteiger partial charge in [0.25, 0.3) is 5.91 Å². The molecule has 0 radical (unpaired) electrons. The topological polar surface area (TPSA) is 45.2 Å². The van der Waals surface area contributed by atoms with Crippen molar-refractivity contribution in [3.8, 4) is 11.1 Å². The van der Waals surface area contributed by atoms with E-state index in [9.17, 15) is 9.18 Å². The van der Waals surface area contributed by atoms with E-state index in [1.54, 1.807) is 6.07 Å². The van der Waals surface area contributed by atoms with Crippen LogP contribution in [0.5, 0.6) is 0 Å². The third-order valence-corrected chi connectivity index (χ3v) is 6.34. The maximum atomic E-state index is 14.8. The Labute approximate surface area is 193 Å². The lowest BCUT2D eigenvalue weighted by atomic mass is 10.0. The van der Waals surface area contributed by atoms with Crippen LogP contribution < -0.4 is 5.32 Å². The molecule has 4 nitrogen and oxygen atoms in total. The lowest BCUT2D eigenvalue weighted by Gasteiger charge is -2.15. The van der Waals surface area contributed by atoms with E-state index in [1.807, 2.05) is 55.6 Å². The molecule has 0 bridgehead atoms. The van der Waals surface area contributed by atoms with Crippen molar-refractivity contribution < 1.29 is 9.18 Å². The van der Waals surface area contributed by atoms with E-state index < -0.39 is 11.7 Å². The van der Waals surface area contributed by atoms with Crippen LogP contribution in [0, 0.1) is 12.7 Å². The van der Waals surface area contributed by atoms with Gasteiger partial charge in [-0.25, -0.2) is 4.39 Å². The van der Waals surface area contributed by atoms with Gasteiger partial charge in [0.2, 0.25) is 0 Å². The first-order valence-corrected chi connectivity index (χ1v) is 11.4. The largest absolute Gasteiger partial charge is 0.322 e. The lowest BCUT2D eigenvalue weighted by Crippen LogP contribution is -2.18. The highest BCUT2D eigenvalue weighted by Gasteiger charge is 2.16. The number of nitrogens with one attached hydrogen (secondary N) is 1. The summed E-state index contributed by atoms with van der Waals surface area (Å²) in [4.78, 5) is 20.0. The first-order valence-electron chi connectivity index (χ1n) is 11.4. The van der Waals surface area contributed by atoms with Crippen molar-refractivity contribution in [1.29, 1.82) is 0 Å². The number of likely N-dealkylation sites (tertiary alicyclic amines) is 1. The smallest absolute Gasteiger partial charge is 0.258 e. The van der Waals surface area contributed by atoms with Crippen LogP contribution in [-0.2, 0) is 6.54 Å². The Bertz CT molecular complexity index is 1310. The molecule has 0 spiro atoms. The molecule has 0 aliphatic carbocycles. The molecule has 1 fully saturated rings. The molecule has 0 atom stereocenters. The van der Waals surface area contributed by atoms with E-state index in [0.29, 0.717) is 5.69 Å². The summed E-state index contributed by atoms with van der Waals surface area (Å²) in [6, 6.07) is 20.3. The second-order valence-electron chi connectivity index (χ2n) is 8.65. The van der Waals surface area contributed by atoms with Crippen molar-refractivity contribution in [2.45, 2.75) is 26.3 Å². The average molecular weight is 440 g/mol. The second-order valence-corrected chi connectivity index (χ2v) is 8.65. The third-order valence-electron chi connectivity index (χ3n) is 6.34. The first-order chi connectivity index (χ1) is 16.1. The van der Waals surface area contributed by atoms with Crippen molar-refractivity contribution >= 4 is 22.5 Å². The van der Waals surface area contributed by atoms with Crippen LogP contribution in [0.3, 0.4) is 0 Å². The van der Waals surface area contributed by atoms with Gasteiger partial charge in [-0.05, 0) is 79.4 Å². The number of anilines is 1. The molecule has 3 aromatic carbocycles. The molecule has 166 valence electrons. The minimum atomic E-state index is -0.544. The van der Waals surface area contributed by atoms with E-state index in [0.717, 1.165) is 47.2 Å². The van der Waals surface area contributed by atoms with Gasteiger partial charge >= 0.3 is 0 Å². The molecule has 33 heavy (non-hydrogen) atoms. The Morgan fingerprint density at radius 2 is 1.79 bits per heavy atom. The summed E-state index contributed by atoms with van der Waals surface area (Å²) in [5.74, 6) is -1.02. The first kappa shape index (κ1) is 21.3. The van der Waals surface area contributed by atoms with Gasteiger partial charge in [0.15, 0.2) is 0 Å². The maximum Gasteiger partial charge on any atom is 0.258 e. The number of carbonyl (C=O) groups is 1. The molecule has 0 saturated carbocycles. The number of aryl methyl sites for hydroxylation is 1. The average Bonchev–Trinajstić information content (AvgIpc) is 3.34. The van der Waals surface area contributed by atoms with Crippen LogP contribution in [0.2, 0.25) is 0 Å². The summed E-state index contributed by atoms with van der Waals surface area (Å²) < 4.78 is 14.8. The van der Waals surface area contributed by atoms with Crippen LogP contribution in [0.25, 0.3) is 22.0 Å². The molecular weight excluding hydrogens is 413 g/mol. The molecule has 2 heterocycles. The highest BCUT2D eigenvalue weighted by Crippen LogP contribution is 2.27. The van der Waals surface area contributed by atoms with E-state index >= 15 is 0 Å². The van der Waals surface area contributed by atoms with E-state index in [4.69, 9.17) is 0 Å². The van der Waals surface area contributed by atoms with E-state index in [2.05, 4.69) is 21.3 Å². The summed E-state index contributed by atoms with van der Waals surface area (Å²) in [6.07, 6.45) is 4.44. The predicted octanol–water partition coefficient (Wildman–Crippen LogP) is 6.20. The fourth-order valence-corrected chi connectivity index (χ4v) is 4.51.